The van der Waals surface area contributed by atoms with Gasteiger partial charge in [-0.05, 0) is 48.6 Å². The molecule has 0 spiro atoms. The molecule has 2 heterocycles. The van der Waals surface area contributed by atoms with E-state index < -0.39 is 0 Å². The van der Waals surface area contributed by atoms with E-state index in [-0.39, 0.29) is 12.5 Å². The number of fused-ring (bicyclic) bond motifs is 1. The van der Waals surface area contributed by atoms with Gasteiger partial charge in [-0.3, -0.25) is 4.79 Å². The second-order valence-corrected chi connectivity index (χ2v) is 8.77. The van der Waals surface area contributed by atoms with Crippen LogP contribution in [-0.4, -0.2) is 32.3 Å². The number of ether oxygens (including phenoxy) is 1. The van der Waals surface area contributed by atoms with Crippen LogP contribution in [0.15, 0.2) is 42.5 Å². The second kappa shape index (κ2) is 9.48. The summed E-state index contributed by atoms with van der Waals surface area (Å²) in [4.78, 5) is 13.3. The Morgan fingerprint density at radius 2 is 1.94 bits per heavy atom. The Hall–Kier alpha value is -3.26. The summed E-state index contributed by atoms with van der Waals surface area (Å²) in [5.74, 6) is 1.82. The lowest BCUT2D eigenvalue weighted by molar-refractivity contribution is -0.118. The van der Waals surface area contributed by atoms with Crippen LogP contribution >= 0.6 is 11.3 Å². The minimum atomic E-state index is -0.206. The SMILES string of the molecule is CCc1nnc2sc(-c3ccc(C)c(NC(=O)COc4ccc(C(C)CC)cc4)c3)nn12. The molecule has 1 amide bonds. The van der Waals surface area contributed by atoms with E-state index >= 15 is 0 Å². The molecule has 166 valence electrons. The van der Waals surface area contributed by atoms with Crippen LogP contribution in [0.4, 0.5) is 5.69 Å². The van der Waals surface area contributed by atoms with Crippen LogP contribution in [0.1, 0.15) is 50.1 Å². The molecule has 2 aromatic heterocycles. The number of hydrogen-bond donors (Lipinski definition) is 1. The van der Waals surface area contributed by atoms with Crippen molar-refractivity contribution in [3.05, 3.63) is 59.4 Å². The minimum Gasteiger partial charge on any atom is -0.484 e. The summed E-state index contributed by atoms with van der Waals surface area (Å²) < 4.78 is 7.45. The standard InChI is InChI=1S/C24H27N5O2S/c1-5-15(3)17-9-11-19(12-10-17)31-14-22(30)25-20-13-18(8-7-16(20)4)23-28-29-21(6-2)26-27-24(29)32-23/h7-13,15H,5-6,14H2,1-4H3,(H,25,30). The van der Waals surface area contributed by atoms with Gasteiger partial charge in [0, 0.05) is 17.7 Å². The van der Waals surface area contributed by atoms with Crippen LogP contribution in [0, 0.1) is 6.92 Å². The van der Waals surface area contributed by atoms with Gasteiger partial charge in [-0.15, -0.1) is 10.2 Å². The van der Waals surface area contributed by atoms with Crippen LogP contribution in [0.5, 0.6) is 5.75 Å². The zero-order chi connectivity index (χ0) is 22.7. The molecule has 0 fully saturated rings. The molecule has 0 bridgehead atoms. The zero-order valence-corrected chi connectivity index (χ0v) is 19.6. The number of carbonyl (C=O) groups excluding carboxylic acids is 1. The summed E-state index contributed by atoms with van der Waals surface area (Å²) >= 11 is 1.47. The molecular weight excluding hydrogens is 422 g/mol. The van der Waals surface area contributed by atoms with E-state index in [0.717, 1.165) is 45.4 Å². The largest absolute Gasteiger partial charge is 0.484 e. The summed E-state index contributed by atoms with van der Waals surface area (Å²) in [6.45, 7) is 8.30. The van der Waals surface area contributed by atoms with Crippen molar-refractivity contribution in [3.8, 4) is 16.3 Å². The molecule has 0 saturated carbocycles. The zero-order valence-electron chi connectivity index (χ0n) is 18.8. The molecule has 1 N–H and O–H groups in total. The summed E-state index contributed by atoms with van der Waals surface area (Å²) in [5.41, 5.74) is 3.90. The van der Waals surface area contributed by atoms with Gasteiger partial charge in [0.2, 0.25) is 4.96 Å². The highest BCUT2D eigenvalue weighted by Gasteiger charge is 2.14. The number of nitrogens with one attached hydrogen (secondary N) is 1. The number of rotatable bonds is 8. The Morgan fingerprint density at radius 1 is 1.16 bits per heavy atom. The van der Waals surface area contributed by atoms with Gasteiger partial charge < -0.3 is 10.1 Å². The highest BCUT2D eigenvalue weighted by Crippen LogP contribution is 2.29. The predicted molar refractivity (Wildman–Crippen MR) is 127 cm³/mol. The number of anilines is 1. The normalized spacial score (nSPS) is 12.1. The lowest BCUT2D eigenvalue weighted by atomic mass is 9.99. The highest BCUT2D eigenvalue weighted by molar-refractivity contribution is 7.19. The third-order valence-electron chi connectivity index (χ3n) is 5.56. The van der Waals surface area contributed by atoms with Crippen molar-refractivity contribution < 1.29 is 9.53 Å². The lowest BCUT2D eigenvalue weighted by Gasteiger charge is -2.12. The molecule has 2 aromatic carbocycles. The molecule has 7 nitrogen and oxygen atoms in total. The van der Waals surface area contributed by atoms with E-state index in [1.54, 1.807) is 4.52 Å². The number of carbonyl (C=O) groups is 1. The average Bonchev–Trinajstić information content (AvgIpc) is 3.40. The molecule has 0 radical (unpaired) electrons. The Bertz CT molecular complexity index is 1230. The highest BCUT2D eigenvalue weighted by atomic mass is 32.1. The van der Waals surface area contributed by atoms with Gasteiger partial charge in [-0.2, -0.15) is 9.61 Å². The number of nitrogens with zero attached hydrogens (tertiary/aromatic N) is 4. The first-order valence-corrected chi connectivity index (χ1v) is 11.6. The number of aromatic nitrogens is 4. The van der Waals surface area contributed by atoms with Gasteiger partial charge >= 0.3 is 0 Å². The Morgan fingerprint density at radius 3 is 2.66 bits per heavy atom. The van der Waals surface area contributed by atoms with Crippen molar-refractivity contribution in [3.63, 3.8) is 0 Å². The molecule has 4 aromatic rings. The summed E-state index contributed by atoms with van der Waals surface area (Å²) in [6.07, 6.45) is 1.85. The van der Waals surface area contributed by atoms with Gasteiger partial charge in [0.25, 0.3) is 5.91 Å². The van der Waals surface area contributed by atoms with Gasteiger partial charge in [0.05, 0.1) is 0 Å². The monoisotopic (exact) mass is 449 g/mol. The fourth-order valence-electron chi connectivity index (χ4n) is 3.35. The maximum Gasteiger partial charge on any atom is 0.262 e. The van der Waals surface area contributed by atoms with Gasteiger partial charge in [-0.1, -0.05) is 56.4 Å². The number of hydrogen-bond acceptors (Lipinski definition) is 6. The molecule has 1 unspecified atom stereocenters. The van der Waals surface area contributed by atoms with E-state index in [1.807, 2.05) is 44.2 Å². The van der Waals surface area contributed by atoms with Crippen LogP contribution in [0.2, 0.25) is 0 Å². The van der Waals surface area contributed by atoms with E-state index in [4.69, 9.17) is 4.74 Å². The molecule has 4 rings (SSSR count). The summed E-state index contributed by atoms with van der Waals surface area (Å²) in [7, 11) is 0. The number of amides is 1. The van der Waals surface area contributed by atoms with Crippen LogP contribution in [0.3, 0.4) is 0 Å². The first-order chi connectivity index (χ1) is 15.5. The van der Waals surface area contributed by atoms with Crippen molar-refractivity contribution in [2.24, 2.45) is 0 Å². The van der Waals surface area contributed by atoms with Crippen molar-refractivity contribution >= 4 is 27.9 Å². The van der Waals surface area contributed by atoms with Crippen LogP contribution < -0.4 is 10.1 Å². The smallest absolute Gasteiger partial charge is 0.262 e. The molecule has 1 atom stereocenters. The molecule has 8 heteroatoms. The molecule has 0 saturated heterocycles. The quantitative estimate of drug-likeness (QED) is 0.397. The van der Waals surface area contributed by atoms with Gasteiger partial charge in [-0.25, -0.2) is 0 Å². The van der Waals surface area contributed by atoms with Gasteiger partial charge in [0.15, 0.2) is 12.4 Å². The first-order valence-electron chi connectivity index (χ1n) is 10.8. The minimum absolute atomic E-state index is 0.0526. The fourth-order valence-corrected chi connectivity index (χ4v) is 4.20. The summed E-state index contributed by atoms with van der Waals surface area (Å²) in [6, 6.07) is 13.8. The van der Waals surface area contributed by atoms with Crippen molar-refractivity contribution in [1.82, 2.24) is 19.8 Å². The summed E-state index contributed by atoms with van der Waals surface area (Å²) in [5, 5.41) is 16.7. The average molecular weight is 450 g/mol. The molecule has 0 aliphatic rings. The predicted octanol–water partition coefficient (Wildman–Crippen LogP) is 5.25. The molecule has 32 heavy (non-hydrogen) atoms. The maximum absolute atomic E-state index is 12.5. The van der Waals surface area contributed by atoms with Crippen molar-refractivity contribution in [2.45, 2.75) is 46.5 Å². The Kier molecular flexibility index (Phi) is 6.50. The van der Waals surface area contributed by atoms with Gasteiger partial charge in [0.1, 0.15) is 10.8 Å². The molecule has 0 aliphatic heterocycles. The lowest BCUT2D eigenvalue weighted by Crippen LogP contribution is -2.20. The fraction of sp³-hybridized carbons (Fsp3) is 0.333. The van der Waals surface area contributed by atoms with E-state index in [9.17, 15) is 4.79 Å². The Balaban J connectivity index is 1.43. The topological polar surface area (TPSA) is 81.4 Å². The maximum atomic E-state index is 12.5. The van der Waals surface area contributed by atoms with Crippen LogP contribution in [0.25, 0.3) is 15.5 Å². The third kappa shape index (κ3) is 4.65. The Labute approximate surface area is 191 Å². The third-order valence-corrected chi connectivity index (χ3v) is 6.51. The van der Waals surface area contributed by atoms with Crippen molar-refractivity contribution in [2.75, 3.05) is 11.9 Å². The second-order valence-electron chi connectivity index (χ2n) is 7.82. The van der Waals surface area contributed by atoms with E-state index in [2.05, 4.69) is 46.6 Å². The van der Waals surface area contributed by atoms with Crippen LogP contribution in [-0.2, 0) is 11.2 Å². The van der Waals surface area contributed by atoms with E-state index in [0.29, 0.717) is 11.7 Å². The first kappa shape index (κ1) is 22.0. The number of aryl methyl sites for hydroxylation is 2. The number of benzene rings is 2. The molecular formula is C24H27N5O2S. The van der Waals surface area contributed by atoms with E-state index in [1.165, 1.54) is 16.9 Å². The molecule has 0 aliphatic carbocycles. The van der Waals surface area contributed by atoms with Crippen molar-refractivity contribution in [1.29, 1.82) is 0 Å².